The molecule has 0 radical (unpaired) electrons. The summed E-state index contributed by atoms with van der Waals surface area (Å²) in [6.07, 6.45) is 1.72. The fourth-order valence-corrected chi connectivity index (χ4v) is 4.74. The van der Waals surface area contributed by atoms with Crippen molar-refractivity contribution in [2.24, 2.45) is 11.7 Å². The Bertz CT molecular complexity index is 1110. The lowest BCUT2D eigenvalue weighted by atomic mass is 9.91. The van der Waals surface area contributed by atoms with E-state index >= 15 is 0 Å². The molecule has 2 unspecified atom stereocenters. The van der Waals surface area contributed by atoms with E-state index in [0.29, 0.717) is 5.56 Å². The predicted octanol–water partition coefficient (Wildman–Crippen LogP) is 3.89. The minimum absolute atomic E-state index is 0.0301. The number of likely N-dealkylation sites (tertiary alicyclic amines) is 1. The van der Waals surface area contributed by atoms with Gasteiger partial charge in [-0.3, -0.25) is 9.69 Å². The summed E-state index contributed by atoms with van der Waals surface area (Å²) in [6, 6.07) is 26.7. The van der Waals surface area contributed by atoms with Crippen molar-refractivity contribution in [3.63, 3.8) is 0 Å². The maximum absolute atomic E-state index is 13.4. The first-order valence-electron chi connectivity index (χ1n) is 12.4. The van der Waals surface area contributed by atoms with Crippen LogP contribution in [0.25, 0.3) is 0 Å². The molecule has 188 valence electrons. The summed E-state index contributed by atoms with van der Waals surface area (Å²) < 4.78 is 0. The average molecular weight is 487 g/mol. The maximum Gasteiger partial charge on any atom is 0.335 e. The number of aromatic carboxylic acids is 1. The van der Waals surface area contributed by atoms with Crippen LogP contribution in [0.4, 0.5) is 5.69 Å². The quantitative estimate of drug-likeness (QED) is 0.346. The first kappa shape index (κ1) is 25.4. The van der Waals surface area contributed by atoms with Crippen molar-refractivity contribution in [1.82, 2.24) is 10.2 Å². The van der Waals surface area contributed by atoms with Gasteiger partial charge in [-0.15, -0.1) is 0 Å². The lowest BCUT2D eigenvalue weighted by Gasteiger charge is -2.34. The van der Waals surface area contributed by atoms with E-state index in [1.165, 1.54) is 0 Å². The third-order valence-electron chi connectivity index (χ3n) is 6.79. The van der Waals surface area contributed by atoms with Crippen LogP contribution >= 0.6 is 0 Å². The van der Waals surface area contributed by atoms with Gasteiger partial charge in [-0.2, -0.15) is 0 Å². The molecule has 36 heavy (non-hydrogen) atoms. The van der Waals surface area contributed by atoms with Crippen molar-refractivity contribution in [3.05, 3.63) is 102 Å². The fourth-order valence-electron chi connectivity index (χ4n) is 4.74. The van der Waals surface area contributed by atoms with Crippen LogP contribution in [0.1, 0.15) is 40.4 Å². The number of carbonyl (C=O) groups is 2. The van der Waals surface area contributed by atoms with Gasteiger partial charge in [0.25, 0.3) is 0 Å². The van der Waals surface area contributed by atoms with E-state index in [4.69, 9.17) is 10.8 Å². The van der Waals surface area contributed by atoms with Crippen LogP contribution in [0.3, 0.4) is 0 Å². The van der Waals surface area contributed by atoms with Crippen LogP contribution in [0.2, 0.25) is 0 Å². The molecule has 1 saturated heterocycles. The van der Waals surface area contributed by atoms with E-state index in [1.807, 2.05) is 72.8 Å². The smallest absolute Gasteiger partial charge is 0.335 e. The minimum atomic E-state index is -0.914. The predicted molar refractivity (Wildman–Crippen MR) is 142 cm³/mol. The van der Waals surface area contributed by atoms with Crippen LogP contribution in [0.5, 0.6) is 0 Å². The van der Waals surface area contributed by atoms with E-state index in [0.717, 1.165) is 49.3 Å². The number of nitrogens with zero attached hydrogens (tertiary/aromatic N) is 1. The molecular weight excluding hydrogens is 452 g/mol. The monoisotopic (exact) mass is 486 g/mol. The molecule has 1 aliphatic rings. The Morgan fingerprint density at radius 2 is 1.53 bits per heavy atom. The summed E-state index contributed by atoms with van der Waals surface area (Å²) in [5.41, 5.74) is 9.52. The van der Waals surface area contributed by atoms with Gasteiger partial charge in [0.05, 0.1) is 17.5 Å². The number of anilines is 1. The highest BCUT2D eigenvalue weighted by atomic mass is 16.4. The number of carboxylic acid groups (broad SMARTS) is 1. The van der Waals surface area contributed by atoms with Gasteiger partial charge in [0.2, 0.25) is 5.91 Å². The van der Waals surface area contributed by atoms with E-state index in [2.05, 4.69) is 15.5 Å². The van der Waals surface area contributed by atoms with Crippen LogP contribution in [0.15, 0.2) is 84.9 Å². The van der Waals surface area contributed by atoms with Crippen molar-refractivity contribution >= 4 is 17.6 Å². The summed E-state index contributed by atoms with van der Waals surface area (Å²) >= 11 is 0. The van der Waals surface area contributed by atoms with Gasteiger partial charge in [0, 0.05) is 37.9 Å². The molecule has 0 bridgehead atoms. The van der Waals surface area contributed by atoms with Crippen molar-refractivity contribution in [2.45, 2.75) is 31.5 Å². The molecule has 7 nitrogen and oxygen atoms in total. The molecule has 0 aliphatic carbocycles. The number of piperidine rings is 1. The number of hydrogen-bond acceptors (Lipinski definition) is 5. The third kappa shape index (κ3) is 6.71. The highest BCUT2D eigenvalue weighted by Crippen LogP contribution is 2.27. The van der Waals surface area contributed by atoms with Gasteiger partial charge in [-0.1, -0.05) is 60.7 Å². The van der Waals surface area contributed by atoms with Gasteiger partial charge < -0.3 is 21.5 Å². The molecule has 2 atom stereocenters. The van der Waals surface area contributed by atoms with E-state index in [-0.39, 0.29) is 24.5 Å². The largest absolute Gasteiger partial charge is 0.478 e. The van der Waals surface area contributed by atoms with Gasteiger partial charge in [-0.25, -0.2) is 4.79 Å². The van der Waals surface area contributed by atoms with Crippen LogP contribution in [-0.4, -0.2) is 47.6 Å². The molecule has 4 rings (SSSR count). The van der Waals surface area contributed by atoms with Crippen molar-refractivity contribution in [1.29, 1.82) is 0 Å². The van der Waals surface area contributed by atoms with Crippen LogP contribution < -0.4 is 16.4 Å². The summed E-state index contributed by atoms with van der Waals surface area (Å²) in [7, 11) is 0. The Morgan fingerprint density at radius 1 is 0.917 bits per heavy atom. The van der Waals surface area contributed by atoms with E-state index in [1.54, 1.807) is 12.1 Å². The Balaban J connectivity index is 1.35. The normalized spacial score (nSPS) is 16.1. The van der Waals surface area contributed by atoms with Gasteiger partial charge in [0.15, 0.2) is 0 Å². The van der Waals surface area contributed by atoms with Crippen molar-refractivity contribution < 1.29 is 14.7 Å². The number of nitrogens with one attached hydrogen (secondary N) is 2. The number of carbonyl (C=O) groups excluding carboxylic acids is 1. The third-order valence-corrected chi connectivity index (χ3v) is 6.79. The molecule has 0 aromatic heterocycles. The van der Waals surface area contributed by atoms with Gasteiger partial charge in [-0.05, 0) is 48.2 Å². The van der Waals surface area contributed by atoms with Crippen molar-refractivity contribution in [2.75, 3.05) is 25.0 Å². The lowest BCUT2D eigenvalue weighted by Crippen LogP contribution is -2.49. The molecule has 1 fully saturated rings. The van der Waals surface area contributed by atoms with Gasteiger partial charge >= 0.3 is 5.97 Å². The standard InChI is InChI=1S/C29H34N4O3/c30-19-26(27(22-7-3-1-4-8-22)31-24-9-5-2-6-10-24)28(34)32-25-15-17-33(18-16-25)20-21-11-13-23(14-12-21)29(35)36/h1-14,25-27,31H,15-20,30H2,(H,32,34)(H,35,36). The first-order chi connectivity index (χ1) is 17.5. The summed E-state index contributed by atoms with van der Waals surface area (Å²) in [6.45, 7) is 2.73. The number of amides is 1. The summed E-state index contributed by atoms with van der Waals surface area (Å²) in [5, 5.41) is 15.9. The fraction of sp³-hybridized carbons (Fsp3) is 0.310. The van der Waals surface area contributed by atoms with Crippen LogP contribution in [0, 0.1) is 5.92 Å². The molecule has 3 aromatic rings. The molecule has 1 amide bonds. The zero-order valence-corrected chi connectivity index (χ0v) is 20.3. The van der Waals surface area contributed by atoms with E-state index in [9.17, 15) is 9.59 Å². The number of rotatable bonds is 10. The number of benzene rings is 3. The molecule has 1 heterocycles. The Kier molecular flexibility index (Phi) is 8.71. The SMILES string of the molecule is NCC(C(=O)NC1CCN(Cc2ccc(C(=O)O)cc2)CC1)C(Nc1ccccc1)c1ccccc1. The van der Waals surface area contributed by atoms with Crippen LogP contribution in [-0.2, 0) is 11.3 Å². The number of para-hydroxylation sites is 1. The Labute approximate surface area is 212 Å². The minimum Gasteiger partial charge on any atom is -0.478 e. The zero-order valence-electron chi connectivity index (χ0n) is 20.3. The summed E-state index contributed by atoms with van der Waals surface area (Å²) in [5.74, 6) is -1.36. The number of carboxylic acids is 1. The van der Waals surface area contributed by atoms with Gasteiger partial charge in [0.1, 0.15) is 0 Å². The van der Waals surface area contributed by atoms with E-state index < -0.39 is 11.9 Å². The Hall–Kier alpha value is -3.68. The maximum atomic E-state index is 13.4. The highest BCUT2D eigenvalue weighted by Gasteiger charge is 2.31. The Morgan fingerprint density at radius 3 is 2.11 bits per heavy atom. The molecule has 7 heteroatoms. The molecule has 0 spiro atoms. The average Bonchev–Trinajstić information content (AvgIpc) is 2.91. The topological polar surface area (TPSA) is 108 Å². The second-order valence-electron chi connectivity index (χ2n) is 9.30. The lowest BCUT2D eigenvalue weighted by molar-refractivity contribution is -0.126. The molecule has 1 aliphatic heterocycles. The highest BCUT2D eigenvalue weighted by molar-refractivity contribution is 5.87. The summed E-state index contributed by atoms with van der Waals surface area (Å²) in [4.78, 5) is 26.8. The second-order valence-corrected chi connectivity index (χ2v) is 9.30. The molecular formula is C29H34N4O3. The first-order valence-corrected chi connectivity index (χ1v) is 12.4. The molecule has 0 saturated carbocycles. The molecule has 3 aromatic carbocycles. The molecule has 5 N–H and O–H groups in total. The second kappa shape index (κ2) is 12.3. The number of nitrogens with two attached hydrogens (primary N) is 1. The zero-order chi connectivity index (χ0) is 25.3. The van der Waals surface area contributed by atoms with Crippen molar-refractivity contribution in [3.8, 4) is 0 Å². The number of hydrogen-bond donors (Lipinski definition) is 4.